The Labute approximate surface area is 105 Å². The van der Waals surface area contributed by atoms with Crippen LogP contribution in [0.25, 0.3) is 0 Å². The fraction of sp³-hybridized carbons (Fsp3) is 0.818. The van der Waals surface area contributed by atoms with E-state index in [1.165, 1.54) is 5.57 Å². The molecule has 94 valence electrons. The molecule has 0 fully saturated rings. The second-order valence-electron chi connectivity index (χ2n) is 4.43. The number of halogens is 1. The molecule has 0 spiro atoms. The molecule has 3 atom stereocenters. The van der Waals surface area contributed by atoms with Crippen molar-refractivity contribution in [2.45, 2.75) is 51.1 Å². The Morgan fingerprint density at radius 3 is 2.56 bits per heavy atom. The molecule has 0 bridgehead atoms. The van der Waals surface area contributed by atoms with Gasteiger partial charge >= 0.3 is 0 Å². The maximum absolute atomic E-state index is 10.4. The maximum Gasteiger partial charge on any atom is 0.291 e. The highest BCUT2D eigenvalue weighted by Gasteiger charge is 2.27. The van der Waals surface area contributed by atoms with Gasteiger partial charge in [-0.15, -0.1) is 0 Å². The van der Waals surface area contributed by atoms with E-state index in [0.717, 1.165) is 12.8 Å². The molecular formula is C11H20BrNO3. The quantitative estimate of drug-likeness (QED) is 0.258. The van der Waals surface area contributed by atoms with E-state index in [2.05, 4.69) is 22.0 Å². The van der Waals surface area contributed by atoms with Crippen molar-refractivity contribution in [3.05, 3.63) is 21.8 Å². The van der Waals surface area contributed by atoms with Crippen LogP contribution in [0.1, 0.15) is 40.0 Å². The molecule has 0 aromatic carbocycles. The minimum atomic E-state index is -1.06. The lowest BCUT2D eigenvalue weighted by Crippen LogP contribution is -2.29. The SMILES string of the molecule is CC(C)=CCCC(C)CC(O)C(Br)[N+](=O)[O-]. The molecule has 3 unspecified atom stereocenters. The van der Waals surface area contributed by atoms with Gasteiger partial charge in [-0.25, -0.2) is 0 Å². The summed E-state index contributed by atoms with van der Waals surface area (Å²) in [5.74, 6) is 0.283. The largest absolute Gasteiger partial charge is 0.385 e. The second kappa shape index (κ2) is 7.79. The van der Waals surface area contributed by atoms with Crippen LogP contribution in [0.15, 0.2) is 11.6 Å². The average Bonchev–Trinajstić information content (AvgIpc) is 2.15. The molecule has 0 aliphatic rings. The third-order valence-electron chi connectivity index (χ3n) is 2.37. The van der Waals surface area contributed by atoms with Crippen LogP contribution in [0, 0.1) is 16.0 Å². The predicted octanol–water partition coefficient (Wildman–Crippen LogP) is 3.12. The molecule has 1 N–H and O–H groups in total. The lowest BCUT2D eigenvalue weighted by molar-refractivity contribution is -0.504. The summed E-state index contributed by atoms with van der Waals surface area (Å²) in [6, 6.07) is 0. The van der Waals surface area contributed by atoms with Crippen LogP contribution in [-0.4, -0.2) is 21.1 Å². The summed E-state index contributed by atoms with van der Waals surface area (Å²) in [5, 5.41) is 20.0. The first-order valence-electron chi connectivity index (χ1n) is 5.43. The summed E-state index contributed by atoms with van der Waals surface area (Å²) >= 11 is 2.87. The van der Waals surface area contributed by atoms with Crippen molar-refractivity contribution in [1.29, 1.82) is 0 Å². The van der Waals surface area contributed by atoms with Gasteiger partial charge in [0.1, 0.15) is 6.10 Å². The number of rotatable bonds is 7. The van der Waals surface area contributed by atoms with Crippen molar-refractivity contribution in [1.82, 2.24) is 0 Å². The number of hydrogen-bond donors (Lipinski definition) is 1. The number of alkyl halides is 1. The summed E-state index contributed by atoms with van der Waals surface area (Å²) in [7, 11) is 0. The lowest BCUT2D eigenvalue weighted by atomic mass is 9.98. The van der Waals surface area contributed by atoms with Gasteiger partial charge in [-0.3, -0.25) is 10.1 Å². The van der Waals surface area contributed by atoms with E-state index < -0.39 is 16.0 Å². The van der Waals surface area contributed by atoms with Crippen LogP contribution in [0.3, 0.4) is 0 Å². The first-order valence-corrected chi connectivity index (χ1v) is 6.35. The molecule has 5 heteroatoms. The molecule has 0 amide bonds. The van der Waals surface area contributed by atoms with Crippen LogP contribution in [0.5, 0.6) is 0 Å². The minimum Gasteiger partial charge on any atom is -0.385 e. The number of hydrogen-bond acceptors (Lipinski definition) is 3. The zero-order valence-electron chi connectivity index (χ0n) is 10.0. The number of aliphatic hydroxyl groups is 1. The van der Waals surface area contributed by atoms with Crippen molar-refractivity contribution in [3.63, 3.8) is 0 Å². The zero-order valence-corrected chi connectivity index (χ0v) is 11.6. The Bertz CT molecular complexity index is 252. The molecule has 0 aromatic heterocycles. The molecule has 0 saturated heterocycles. The first-order chi connectivity index (χ1) is 7.34. The van der Waals surface area contributed by atoms with Gasteiger partial charge in [-0.05, 0) is 55.0 Å². The minimum absolute atomic E-state index is 0.283. The van der Waals surface area contributed by atoms with Gasteiger partial charge in [0, 0.05) is 4.92 Å². The highest BCUT2D eigenvalue weighted by Crippen LogP contribution is 2.19. The summed E-state index contributed by atoms with van der Waals surface area (Å²) in [5.41, 5.74) is 1.27. The van der Waals surface area contributed by atoms with Crippen LogP contribution in [0.4, 0.5) is 0 Å². The van der Waals surface area contributed by atoms with Crippen molar-refractivity contribution in [3.8, 4) is 0 Å². The fourth-order valence-corrected chi connectivity index (χ4v) is 1.66. The molecule has 0 rings (SSSR count). The molecule has 0 heterocycles. The lowest BCUT2D eigenvalue weighted by Gasteiger charge is -2.15. The van der Waals surface area contributed by atoms with Crippen LogP contribution in [0.2, 0.25) is 0 Å². The third kappa shape index (κ3) is 6.95. The molecule has 4 nitrogen and oxygen atoms in total. The van der Waals surface area contributed by atoms with Gasteiger partial charge in [0.25, 0.3) is 4.95 Å². The van der Waals surface area contributed by atoms with E-state index in [9.17, 15) is 15.2 Å². The van der Waals surface area contributed by atoms with Gasteiger partial charge in [0.15, 0.2) is 0 Å². The van der Waals surface area contributed by atoms with E-state index in [0.29, 0.717) is 6.42 Å². The molecule has 0 aliphatic heterocycles. The smallest absolute Gasteiger partial charge is 0.291 e. The van der Waals surface area contributed by atoms with Crippen molar-refractivity contribution < 1.29 is 10.0 Å². The topological polar surface area (TPSA) is 63.4 Å². The van der Waals surface area contributed by atoms with E-state index in [4.69, 9.17) is 0 Å². The van der Waals surface area contributed by atoms with E-state index in [-0.39, 0.29) is 5.92 Å². The normalized spacial score (nSPS) is 16.3. The van der Waals surface area contributed by atoms with Crippen molar-refractivity contribution in [2.75, 3.05) is 0 Å². The molecule has 0 radical (unpaired) electrons. The van der Waals surface area contributed by atoms with Gasteiger partial charge < -0.3 is 5.11 Å². The standard InChI is InChI=1S/C11H20BrNO3/c1-8(2)5-4-6-9(3)7-10(14)11(12)13(15)16/h5,9-11,14H,4,6-7H2,1-3H3. The monoisotopic (exact) mass is 293 g/mol. The van der Waals surface area contributed by atoms with Crippen LogP contribution >= 0.6 is 15.9 Å². The predicted molar refractivity (Wildman–Crippen MR) is 68.2 cm³/mol. The Kier molecular flexibility index (Phi) is 7.58. The van der Waals surface area contributed by atoms with Gasteiger partial charge in [0.05, 0.1) is 0 Å². The summed E-state index contributed by atoms with van der Waals surface area (Å²) in [6.07, 6.45) is 3.58. The summed E-state index contributed by atoms with van der Waals surface area (Å²) in [6.45, 7) is 6.09. The third-order valence-corrected chi connectivity index (χ3v) is 3.32. The van der Waals surface area contributed by atoms with E-state index in [1.54, 1.807) is 0 Å². The number of aliphatic hydroxyl groups excluding tert-OH is 1. The van der Waals surface area contributed by atoms with Crippen molar-refractivity contribution in [2.24, 2.45) is 5.92 Å². The molecule has 16 heavy (non-hydrogen) atoms. The summed E-state index contributed by atoms with van der Waals surface area (Å²) in [4.78, 5) is 8.85. The molecule has 0 saturated carbocycles. The highest BCUT2D eigenvalue weighted by molar-refractivity contribution is 9.09. The van der Waals surface area contributed by atoms with E-state index in [1.807, 2.05) is 20.8 Å². The zero-order chi connectivity index (χ0) is 12.7. The highest BCUT2D eigenvalue weighted by atomic mass is 79.9. The maximum atomic E-state index is 10.4. The number of allylic oxidation sites excluding steroid dienone is 2. The Balaban J connectivity index is 3.91. The van der Waals surface area contributed by atoms with Gasteiger partial charge in [0.2, 0.25) is 0 Å². The van der Waals surface area contributed by atoms with Crippen molar-refractivity contribution >= 4 is 15.9 Å². The van der Waals surface area contributed by atoms with Crippen LogP contribution < -0.4 is 0 Å². The second-order valence-corrected chi connectivity index (χ2v) is 5.36. The van der Waals surface area contributed by atoms with Gasteiger partial charge in [-0.2, -0.15) is 0 Å². The fourth-order valence-electron chi connectivity index (χ4n) is 1.44. The number of nitro groups is 1. The molecule has 0 aromatic rings. The molecule has 0 aliphatic carbocycles. The first kappa shape index (κ1) is 15.6. The van der Waals surface area contributed by atoms with Crippen LogP contribution in [-0.2, 0) is 0 Å². The summed E-state index contributed by atoms with van der Waals surface area (Å²) < 4.78 is 0. The molecular weight excluding hydrogens is 274 g/mol. The van der Waals surface area contributed by atoms with Gasteiger partial charge in [-0.1, -0.05) is 18.6 Å². The average molecular weight is 294 g/mol. The Morgan fingerprint density at radius 2 is 2.12 bits per heavy atom. The number of nitrogens with zero attached hydrogens (tertiary/aromatic N) is 1. The Hall–Kier alpha value is -0.420. The Morgan fingerprint density at radius 1 is 1.56 bits per heavy atom. The van der Waals surface area contributed by atoms with E-state index >= 15 is 0 Å².